The molecule has 4 aromatic rings. The third-order valence-electron chi connectivity index (χ3n) is 4.66. The number of halogens is 1. The summed E-state index contributed by atoms with van der Waals surface area (Å²) in [6.07, 6.45) is 0. The molecule has 0 radical (unpaired) electrons. The maximum absolute atomic E-state index is 12.2. The highest BCUT2D eigenvalue weighted by atomic mass is 127. The van der Waals surface area contributed by atoms with Crippen LogP contribution in [0.5, 0.6) is 0 Å². The molecule has 30 heavy (non-hydrogen) atoms. The van der Waals surface area contributed by atoms with Gasteiger partial charge in [0.1, 0.15) is 0 Å². The van der Waals surface area contributed by atoms with E-state index in [1.54, 1.807) is 11.8 Å². The van der Waals surface area contributed by atoms with Gasteiger partial charge in [-0.15, -0.1) is 0 Å². The van der Waals surface area contributed by atoms with Gasteiger partial charge in [-0.1, -0.05) is 54.2 Å². The number of thioether (sulfide) groups is 1. The lowest BCUT2D eigenvalue weighted by molar-refractivity contribution is 0.0526. The molecule has 0 bridgehead atoms. The average molecular weight is 528 g/mol. The molecule has 152 valence electrons. The Balaban J connectivity index is 1.70. The van der Waals surface area contributed by atoms with Gasteiger partial charge < -0.3 is 9.30 Å². The summed E-state index contributed by atoms with van der Waals surface area (Å²) in [5.74, 6) is 0.518. The first-order chi connectivity index (χ1) is 14.6. The Bertz CT molecular complexity index is 1170. The van der Waals surface area contributed by atoms with Crippen molar-refractivity contribution < 1.29 is 9.53 Å². The lowest BCUT2D eigenvalue weighted by Crippen LogP contribution is -2.04. The predicted octanol–water partition coefficient (Wildman–Crippen LogP) is 6.16. The minimum atomic E-state index is -0.315. The highest BCUT2D eigenvalue weighted by molar-refractivity contribution is 14.1. The Kier molecular flexibility index (Phi) is 6.74. The number of benzene rings is 3. The summed E-state index contributed by atoms with van der Waals surface area (Å²) >= 11 is 4.05. The predicted molar refractivity (Wildman–Crippen MR) is 130 cm³/mol. The van der Waals surface area contributed by atoms with Crippen LogP contribution in [0.2, 0.25) is 0 Å². The van der Waals surface area contributed by atoms with E-state index in [1.807, 2.05) is 43.3 Å². The highest BCUT2D eigenvalue weighted by Crippen LogP contribution is 2.29. The fourth-order valence-electron chi connectivity index (χ4n) is 3.25. The Morgan fingerprint density at radius 1 is 1.03 bits per heavy atom. The molecule has 0 spiro atoms. The molecule has 0 atom stereocenters. The number of imidazole rings is 1. The minimum Gasteiger partial charge on any atom is -0.462 e. The van der Waals surface area contributed by atoms with Crippen LogP contribution in [-0.2, 0) is 17.0 Å². The first-order valence-corrected chi connectivity index (χ1v) is 11.8. The molecule has 4 rings (SSSR count). The van der Waals surface area contributed by atoms with E-state index >= 15 is 0 Å². The normalized spacial score (nSPS) is 11.0. The van der Waals surface area contributed by atoms with E-state index in [4.69, 9.17) is 9.72 Å². The fraction of sp³-hybridized carbons (Fsp3) is 0.167. The van der Waals surface area contributed by atoms with Crippen LogP contribution in [0, 0.1) is 3.57 Å². The van der Waals surface area contributed by atoms with Crippen LogP contribution in [0.1, 0.15) is 28.4 Å². The molecule has 0 fully saturated rings. The van der Waals surface area contributed by atoms with Crippen molar-refractivity contribution in [3.8, 4) is 0 Å². The summed E-state index contributed by atoms with van der Waals surface area (Å²) in [7, 11) is 0. The Labute approximate surface area is 193 Å². The highest BCUT2D eigenvalue weighted by Gasteiger charge is 2.15. The van der Waals surface area contributed by atoms with Crippen molar-refractivity contribution in [1.29, 1.82) is 0 Å². The van der Waals surface area contributed by atoms with E-state index in [-0.39, 0.29) is 5.97 Å². The standard InChI is InChI=1S/C24H21IN2O2S/c1-2-29-23(28)19-11-12-22-21(14-19)26-24(27(22)15-17-7-4-3-5-8-17)30-16-18-9-6-10-20(25)13-18/h3-14H,2,15-16H2,1H3. The van der Waals surface area contributed by atoms with E-state index in [9.17, 15) is 4.79 Å². The van der Waals surface area contributed by atoms with Gasteiger partial charge in [0.05, 0.1) is 29.7 Å². The number of carbonyl (C=O) groups excluding carboxylic acids is 1. The second kappa shape index (κ2) is 9.66. The summed E-state index contributed by atoms with van der Waals surface area (Å²) in [6, 6.07) is 24.5. The van der Waals surface area contributed by atoms with Crippen LogP contribution >= 0.6 is 34.4 Å². The second-order valence-electron chi connectivity index (χ2n) is 6.81. The molecule has 0 amide bonds. The molecule has 0 aliphatic heterocycles. The third-order valence-corrected chi connectivity index (χ3v) is 6.38. The summed E-state index contributed by atoms with van der Waals surface area (Å²) < 4.78 is 8.59. The molecule has 6 heteroatoms. The number of nitrogens with zero attached hydrogens (tertiary/aromatic N) is 2. The molecule has 0 aliphatic rings. The van der Waals surface area contributed by atoms with E-state index in [0.717, 1.165) is 28.5 Å². The van der Waals surface area contributed by atoms with Gasteiger partial charge in [0.15, 0.2) is 5.16 Å². The second-order valence-corrected chi connectivity index (χ2v) is 9.00. The maximum Gasteiger partial charge on any atom is 0.338 e. The van der Waals surface area contributed by atoms with Gasteiger partial charge in [-0.05, 0) is 71.0 Å². The van der Waals surface area contributed by atoms with E-state index in [2.05, 4.69) is 63.6 Å². The van der Waals surface area contributed by atoms with Crippen molar-refractivity contribution in [1.82, 2.24) is 9.55 Å². The number of esters is 1. The quantitative estimate of drug-likeness (QED) is 0.164. The average Bonchev–Trinajstić information content (AvgIpc) is 3.10. The van der Waals surface area contributed by atoms with E-state index in [0.29, 0.717) is 12.2 Å². The van der Waals surface area contributed by atoms with Gasteiger partial charge in [-0.25, -0.2) is 9.78 Å². The molecule has 0 unspecified atom stereocenters. The zero-order valence-corrected chi connectivity index (χ0v) is 19.5. The zero-order chi connectivity index (χ0) is 20.9. The number of fused-ring (bicyclic) bond motifs is 1. The van der Waals surface area contributed by atoms with Crippen molar-refractivity contribution >= 4 is 51.4 Å². The molecular weight excluding hydrogens is 507 g/mol. The first kappa shape index (κ1) is 20.9. The smallest absolute Gasteiger partial charge is 0.338 e. The van der Waals surface area contributed by atoms with Gasteiger partial charge in [-0.3, -0.25) is 0 Å². The number of hydrogen-bond acceptors (Lipinski definition) is 4. The van der Waals surface area contributed by atoms with Gasteiger partial charge in [0.25, 0.3) is 0 Å². The lowest BCUT2D eigenvalue weighted by atomic mass is 10.2. The largest absolute Gasteiger partial charge is 0.462 e. The summed E-state index contributed by atoms with van der Waals surface area (Å²) in [5.41, 5.74) is 4.82. The number of rotatable bonds is 7. The van der Waals surface area contributed by atoms with Crippen LogP contribution in [0.3, 0.4) is 0 Å². The van der Waals surface area contributed by atoms with Crippen molar-refractivity contribution in [2.45, 2.75) is 24.4 Å². The van der Waals surface area contributed by atoms with Gasteiger partial charge in [-0.2, -0.15) is 0 Å². The van der Waals surface area contributed by atoms with Crippen molar-refractivity contribution in [2.75, 3.05) is 6.61 Å². The Morgan fingerprint density at radius 3 is 2.60 bits per heavy atom. The first-order valence-electron chi connectivity index (χ1n) is 9.72. The van der Waals surface area contributed by atoms with E-state index in [1.165, 1.54) is 14.7 Å². The molecule has 4 nitrogen and oxygen atoms in total. The Hall–Kier alpha value is -2.32. The van der Waals surface area contributed by atoms with Crippen LogP contribution in [0.15, 0.2) is 78.0 Å². The van der Waals surface area contributed by atoms with Crippen molar-refractivity contribution in [2.24, 2.45) is 0 Å². The molecule has 0 N–H and O–H groups in total. The van der Waals surface area contributed by atoms with Crippen molar-refractivity contribution in [3.63, 3.8) is 0 Å². The van der Waals surface area contributed by atoms with Crippen LogP contribution in [-0.4, -0.2) is 22.1 Å². The van der Waals surface area contributed by atoms with Gasteiger partial charge in [0.2, 0.25) is 0 Å². The molecule has 0 saturated carbocycles. The molecule has 0 aliphatic carbocycles. The molecule has 1 heterocycles. The summed E-state index contributed by atoms with van der Waals surface area (Å²) in [6.45, 7) is 2.89. The van der Waals surface area contributed by atoms with Gasteiger partial charge >= 0.3 is 5.97 Å². The third kappa shape index (κ3) is 4.87. The monoisotopic (exact) mass is 528 g/mol. The van der Waals surface area contributed by atoms with Crippen LogP contribution in [0.4, 0.5) is 0 Å². The van der Waals surface area contributed by atoms with Crippen LogP contribution in [0.25, 0.3) is 11.0 Å². The Morgan fingerprint density at radius 2 is 1.83 bits per heavy atom. The molecule has 1 aromatic heterocycles. The number of ether oxygens (including phenoxy) is 1. The maximum atomic E-state index is 12.2. The summed E-state index contributed by atoms with van der Waals surface area (Å²) in [4.78, 5) is 17.0. The molecule has 3 aromatic carbocycles. The van der Waals surface area contributed by atoms with Crippen molar-refractivity contribution in [3.05, 3.63) is 93.1 Å². The topological polar surface area (TPSA) is 44.1 Å². The zero-order valence-electron chi connectivity index (χ0n) is 16.5. The summed E-state index contributed by atoms with van der Waals surface area (Å²) in [5, 5.41) is 0.939. The fourth-order valence-corrected chi connectivity index (χ4v) is 4.82. The van der Waals surface area contributed by atoms with E-state index < -0.39 is 0 Å². The SMILES string of the molecule is CCOC(=O)c1ccc2c(c1)nc(SCc1cccc(I)c1)n2Cc1ccccc1. The molecule has 0 saturated heterocycles. The van der Waals surface area contributed by atoms with Gasteiger partial charge in [0, 0.05) is 9.32 Å². The number of carbonyl (C=O) groups is 1. The minimum absolute atomic E-state index is 0.315. The molecular formula is C24H21IN2O2S. The lowest BCUT2D eigenvalue weighted by Gasteiger charge is -2.10. The van der Waals surface area contributed by atoms with Crippen LogP contribution < -0.4 is 0 Å². The number of aromatic nitrogens is 2. The number of hydrogen-bond donors (Lipinski definition) is 0.